The molecule has 0 radical (unpaired) electrons. The van der Waals surface area contributed by atoms with Crippen molar-refractivity contribution in [2.45, 2.75) is 65.8 Å². The van der Waals surface area contributed by atoms with Gasteiger partial charge in [0.25, 0.3) is 0 Å². The molecule has 1 N–H and O–H groups in total. The van der Waals surface area contributed by atoms with Crippen LogP contribution in [0.25, 0.3) is 0 Å². The van der Waals surface area contributed by atoms with Gasteiger partial charge in [-0.1, -0.05) is 27.7 Å². The summed E-state index contributed by atoms with van der Waals surface area (Å²) in [7, 11) is 0. The number of carbonyl (C=O) groups excluding carboxylic acids is 1. The van der Waals surface area contributed by atoms with E-state index in [1.165, 1.54) is 0 Å². The maximum absolute atomic E-state index is 12.7. The first-order valence-corrected chi connectivity index (χ1v) is 7.93. The van der Waals surface area contributed by atoms with Crippen LogP contribution in [0.5, 0.6) is 0 Å². The lowest BCUT2D eigenvalue weighted by Crippen LogP contribution is -2.44. The van der Waals surface area contributed by atoms with E-state index in [1.807, 2.05) is 4.90 Å². The largest absolute Gasteiger partial charge is 0.481 e. The number of carbonyl (C=O) groups is 2. The van der Waals surface area contributed by atoms with Crippen molar-refractivity contribution in [2.75, 3.05) is 6.54 Å². The third-order valence-corrected chi connectivity index (χ3v) is 4.36. The minimum absolute atomic E-state index is 0.0875. The van der Waals surface area contributed by atoms with Gasteiger partial charge >= 0.3 is 5.97 Å². The molecule has 1 saturated carbocycles. The number of amides is 1. The van der Waals surface area contributed by atoms with Crippen molar-refractivity contribution < 1.29 is 14.7 Å². The fraction of sp³-hybridized carbons (Fsp3) is 0.875. The van der Waals surface area contributed by atoms with E-state index in [4.69, 9.17) is 5.11 Å². The monoisotopic (exact) mass is 283 g/mol. The standard InChI is InChI=1S/C16H29NO3/c1-5-14(6-2)17(10-11(3)4)15(18)12-7-8-13(9-12)16(19)20/h11-14H,5-10H2,1-4H3,(H,19,20). The number of hydrogen-bond acceptors (Lipinski definition) is 2. The Morgan fingerprint density at radius 2 is 1.70 bits per heavy atom. The highest BCUT2D eigenvalue weighted by atomic mass is 16.4. The number of rotatable bonds is 7. The SMILES string of the molecule is CCC(CC)N(CC(C)C)C(=O)C1CCC(C(=O)O)C1. The topological polar surface area (TPSA) is 57.6 Å². The third-order valence-electron chi connectivity index (χ3n) is 4.36. The zero-order valence-electron chi connectivity index (χ0n) is 13.3. The quantitative estimate of drug-likeness (QED) is 0.780. The molecule has 2 unspecified atom stereocenters. The Kier molecular flexibility index (Phi) is 6.50. The number of nitrogens with zero attached hydrogens (tertiary/aromatic N) is 1. The first-order chi connectivity index (χ1) is 9.40. The molecular weight excluding hydrogens is 254 g/mol. The van der Waals surface area contributed by atoms with E-state index in [0.29, 0.717) is 18.8 Å². The summed E-state index contributed by atoms with van der Waals surface area (Å²) in [4.78, 5) is 25.8. The molecule has 1 fully saturated rings. The Morgan fingerprint density at radius 3 is 2.10 bits per heavy atom. The van der Waals surface area contributed by atoms with Crippen molar-refractivity contribution >= 4 is 11.9 Å². The zero-order chi connectivity index (χ0) is 15.3. The maximum atomic E-state index is 12.7. The summed E-state index contributed by atoms with van der Waals surface area (Å²) < 4.78 is 0. The van der Waals surface area contributed by atoms with Gasteiger partial charge < -0.3 is 10.0 Å². The molecule has 0 spiro atoms. The second kappa shape index (κ2) is 7.65. The molecule has 0 bridgehead atoms. The van der Waals surface area contributed by atoms with Gasteiger partial charge in [-0.15, -0.1) is 0 Å². The predicted octanol–water partition coefficient (Wildman–Crippen LogP) is 3.16. The normalized spacial score (nSPS) is 22.5. The third kappa shape index (κ3) is 4.22. The van der Waals surface area contributed by atoms with Crippen molar-refractivity contribution in [3.05, 3.63) is 0 Å². The van der Waals surface area contributed by atoms with Crippen LogP contribution in [-0.2, 0) is 9.59 Å². The highest BCUT2D eigenvalue weighted by molar-refractivity contribution is 5.81. The van der Waals surface area contributed by atoms with Crippen LogP contribution in [0.2, 0.25) is 0 Å². The van der Waals surface area contributed by atoms with Gasteiger partial charge in [0.05, 0.1) is 5.92 Å². The molecule has 116 valence electrons. The van der Waals surface area contributed by atoms with E-state index in [9.17, 15) is 9.59 Å². The van der Waals surface area contributed by atoms with Crippen LogP contribution in [0, 0.1) is 17.8 Å². The van der Waals surface area contributed by atoms with Crippen molar-refractivity contribution in [1.29, 1.82) is 0 Å². The molecule has 4 heteroatoms. The number of hydrogen-bond donors (Lipinski definition) is 1. The Hall–Kier alpha value is -1.06. The van der Waals surface area contributed by atoms with E-state index >= 15 is 0 Å². The summed E-state index contributed by atoms with van der Waals surface area (Å²) in [5, 5.41) is 9.07. The smallest absolute Gasteiger partial charge is 0.306 e. The van der Waals surface area contributed by atoms with Gasteiger partial charge in [-0.3, -0.25) is 9.59 Å². The van der Waals surface area contributed by atoms with Crippen LogP contribution >= 0.6 is 0 Å². The highest BCUT2D eigenvalue weighted by Gasteiger charge is 2.37. The number of carboxylic acids is 1. The van der Waals surface area contributed by atoms with Gasteiger partial charge in [0.1, 0.15) is 0 Å². The minimum atomic E-state index is -0.752. The summed E-state index contributed by atoms with van der Waals surface area (Å²) in [6.07, 6.45) is 3.81. The van der Waals surface area contributed by atoms with Crippen molar-refractivity contribution in [2.24, 2.45) is 17.8 Å². The molecule has 2 atom stereocenters. The molecule has 0 aromatic carbocycles. The van der Waals surface area contributed by atoms with E-state index in [1.54, 1.807) is 0 Å². The molecule has 20 heavy (non-hydrogen) atoms. The molecule has 1 aliphatic rings. The summed E-state index contributed by atoms with van der Waals surface area (Å²) in [6.45, 7) is 9.25. The molecule has 1 rings (SSSR count). The summed E-state index contributed by atoms with van der Waals surface area (Å²) in [5.41, 5.74) is 0. The lowest BCUT2D eigenvalue weighted by atomic mass is 10.00. The lowest BCUT2D eigenvalue weighted by molar-refractivity contribution is -0.142. The second-order valence-corrected chi connectivity index (χ2v) is 6.40. The average molecular weight is 283 g/mol. The fourth-order valence-corrected chi connectivity index (χ4v) is 3.21. The molecule has 0 heterocycles. The van der Waals surface area contributed by atoms with Crippen LogP contribution in [0.15, 0.2) is 0 Å². The van der Waals surface area contributed by atoms with Crippen LogP contribution in [0.4, 0.5) is 0 Å². The summed E-state index contributed by atoms with van der Waals surface area (Å²) in [6, 6.07) is 0.286. The first-order valence-electron chi connectivity index (χ1n) is 7.93. The molecule has 0 aromatic rings. The average Bonchev–Trinajstić information content (AvgIpc) is 2.87. The van der Waals surface area contributed by atoms with Gasteiger partial charge in [-0.2, -0.15) is 0 Å². The maximum Gasteiger partial charge on any atom is 0.306 e. The van der Waals surface area contributed by atoms with E-state index in [-0.39, 0.29) is 23.8 Å². The number of carboxylic acid groups (broad SMARTS) is 1. The Balaban J connectivity index is 2.75. The Bertz CT molecular complexity index is 337. The summed E-state index contributed by atoms with van der Waals surface area (Å²) in [5.74, 6) is -0.549. The molecule has 0 aliphatic heterocycles. The van der Waals surface area contributed by atoms with E-state index in [2.05, 4.69) is 27.7 Å². The fourth-order valence-electron chi connectivity index (χ4n) is 3.21. The molecule has 0 saturated heterocycles. The minimum Gasteiger partial charge on any atom is -0.481 e. The van der Waals surface area contributed by atoms with Gasteiger partial charge in [-0.25, -0.2) is 0 Å². The first kappa shape index (κ1) is 17.0. The van der Waals surface area contributed by atoms with Crippen LogP contribution in [0.1, 0.15) is 59.8 Å². The van der Waals surface area contributed by atoms with E-state index in [0.717, 1.165) is 25.8 Å². The molecular formula is C16H29NO3. The molecule has 4 nitrogen and oxygen atoms in total. The Labute approximate surface area is 122 Å². The zero-order valence-corrected chi connectivity index (χ0v) is 13.3. The van der Waals surface area contributed by atoms with Crippen molar-refractivity contribution in [3.8, 4) is 0 Å². The number of aliphatic carboxylic acids is 1. The predicted molar refractivity (Wildman–Crippen MR) is 79.4 cm³/mol. The van der Waals surface area contributed by atoms with Gasteiger partial charge in [0.2, 0.25) is 5.91 Å². The van der Waals surface area contributed by atoms with Crippen LogP contribution in [0.3, 0.4) is 0 Å². The highest BCUT2D eigenvalue weighted by Crippen LogP contribution is 2.33. The molecule has 1 amide bonds. The Morgan fingerprint density at radius 1 is 1.15 bits per heavy atom. The van der Waals surface area contributed by atoms with Crippen LogP contribution < -0.4 is 0 Å². The lowest BCUT2D eigenvalue weighted by Gasteiger charge is -2.34. The van der Waals surface area contributed by atoms with Gasteiger partial charge in [0, 0.05) is 18.5 Å². The molecule has 0 aromatic heterocycles. The summed E-state index contributed by atoms with van der Waals surface area (Å²) >= 11 is 0. The second-order valence-electron chi connectivity index (χ2n) is 6.40. The van der Waals surface area contributed by atoms with Gasteiger partial charge in [0.15, 0.2) is 0 Å². The van der Waals surface area contributed by atoms with Crippen molar-refractivity contribution in [1.82, 2.24) is 4.90 Å². The van der Waals surface area contributed by atoms with Gasteiger partial charge in [-0.05, 0) is 38.0 Å². The molecule has 1 aliphatic carbocycles. The van der Waals surface area contributed by atoms with E-state index < -0.39 is 5.97 Å². The van der Waals surface area contributed by atoms with Crippen LogP contribution in [-0.4, -0.2) is 34.5 Å². The van der Waals surface area contributed by atoms with Crippen molar-refractivity contribution in [3.63, 3.8) is 0 Å².